The minimum atomic E-state index is -0.277. The average Bonchev–Trinajstić information content (AvgIpc) is 2.54. The van der Waals surface area contributed by atoms with E-state index in [1.807, 2.05) is 31.2 Å². The molecule has 0 bridgehead atoms. The van der Waals surface area contributed by atoms with E-state index in [0.717, 1.165) is 11.3 Å². The van der Waals surface area contributed by atoms with Crippen LogP contribution in [-0.2, 0) is 6.54 Å². The van der Waals surface area contributed by atoms with Crippen molar-refractivity contribution in [1.82, 2.24) is 15.5 Å². The van der Waals surface area contributed by atoms with Crippen LogP contribution in [0.3, 0.4) is 0 Å². The van der Waals surface area contributed by atoms with Gasteiger partial charge in [0.25, 0.3) is 5.91 Å². The van der Waals surface area contributed by atoms with Gasteiger partial charge >= 0.3 is 0 Å². The summed E-state index contributed by atoms with van der Waals surface area (Å²) in [5, 5.41) is 10.4. The monoisotopic (exact) mass is 287 g/mol. The first-order chi connectivity index (χ1) is 10.2. The molecule has 0 atom stereocenters. The van der Waals surface area contributed by atoms with Gasteiger partial charge in [-0.2, -0.15) is 0 Å². The molecule has 110 valence electrons. The third kappa shape index (κ3) is 4.17. The van der Waals surface area contributed by atoms with Gasteiger partial charge in [0.1, 0.15) is 5.75 Å². The number of rotatable bonds is 6. The van der Waals surface area contributed by atoms with Crippen molar-refractivity contribution >= 4 is 5.91 Å². The number of ether oxygens (including phenoxy) is 2. The van der Waals surface area contributed by atoms with Gasteiger partial charge in [0.2, 0.25) is 5.88 Å². The Hall–Kier alpha value is -2.63. The van der Waals surface area contributed by atoms with E-state index in [0.29, 0.717) is 19.0 Å². The van der Waals surface area contributed by atoms with E-state index in [1.165, 1.54) is 0 Å². The van der Waals surface area contributed by atoms with Gasteiger partial charge in [-0.25, -0.2) is 0 Å². The molecule has 2 rings (SSSR count). The number of amides is 1. The Bertz CT molecular complexity index is 582. The molecule has 0 saturated heterocycles. The summed E-state index contributed by atoms with van der Waals surface area (Å²) in [5.74, 6) is 0.910. The number of nitrogens with one attached hydrogen (secondary N) is 1. The topological polar surface area (TPSA) is 73.3 Å². The van der Waals surface area contributed by atoms with Crippen LogP contribution in [0.5, 0.6) is 11.6 Å². The third-order valence-corrected chi connectivity index (χ3v) is 2.78. The van der Waals surface area contributed by atoms with Gasteiger partial charge in [0.15, 0.2) is 5.69 Å². The Morgan fingerprint density at radius 3 is 2.48 bits per heavy atom. The van der Waals surface area contributed by atoms with Gasteiger partial charge in [-0.05, 0) is 30.7 Å². The van der Waals surface area contributed by atoms with Crippen LogP contribution >= 0.6 is 0 Å². The Kier molecular flexibility index (Phi) is 5.09. The minimum absolute atomic E-state index is 0.256. The highest BCUT2D eigenvalue weighted by atomic mass is 16.5. The SMILES string of the molecule is CCOc1ccc(C(=O)NCc2ccc(OC)cc2)nn1. The first kappa shape index (κ1) is 14.8. The van der Waals surface area contributed by atoms with E-state index >= 15 is 0 Å². The number of hydrogen-bond acceptors (Lipinski definition) is 5. The molecule has 1 heterocycles. The molecule has 1 amide bonds. The van der Waals surface area contributed by atoms with Gasteiger partial charge in [-0.1, -0.05) is 12.1 Å². The summed E-state index contributed by atoms with van der Waals surface area (Å²) in [6, 6.07) is 10.7. The lowest BCUT2D eigenvalue weighted by Gasteiger charge is -2.06. The zero-order valence-corrected chi connectivity index (χ0v) is 12.0. The maximum absolute atomic E-state index is 11.9. The van der Waals surface area contributed by atoms with E-state index in [4.69, 9.17) is 9.47 Å². The number of carbonyl (C=O) groups excluding carboxylic acids is 1. The first-order valence-electron chi connectivity index (χ1n) is 6.60. The quantitative estimate of drug-likeness (QED) is 0.877. The van der Waals surface area contributed by atoms with Crippen LogP contribution < -0.4 is 14.8 Å². The van der Waals surface area contributed by atoms with Crippen molar-refractivity contribution < 1.29 is 14.3 Å². The Morgan fingerprint density at radius 1 is 1.14 bits per heavy atom. The number of aromatic nitrogens is 2. The van der Waals surface area contributed by atoms with E-state index in [2.05, 4.69) is 15.5 Å². The molecule has 0 aliphatic rings. The first-order valence-corrected chi connectivity index (χ1v) is 6.60. The molecule has 0 radical (unpaired) electrons. The number of benzene rings is 1. The standard InChI is InChI=1S/C15H17N3O3/c1-3-21-14-9-8-13(17-18-14)15(19)16-10-11-4-6-12(20-2)7-5-11/h4-9H,3,10H2,1-2H3,(H,16,19). The van der Waals surface area contributed by atoms with Crippen LogP contribution in [0.2, 0.25) is 0 Å². The van der Waals surface area contributed by atoms with Crippen molar-refractivity contribution in [1.29, 1.82) is 0 Å². The third-order valence-electron chi connectivity index (χ3n) is 2.78. The zero-order chi connectivity index (χ0) is 15.1. The molecule has 0 aliphatic heterocycles. The molecule has 6 nitrogen and oxygen atoms in total. The summed E-state index contributed by atoms with van der Waals surface area (Å²) >= 11 is 0. The molecule has 0 saturated carbocycles. The molecule has 0 fully saturated rings. The van der Waals surface area contributed by atoms with Crippen molar-refractivity contribution in [2.75, 3.05) is 13.7 Å². The van der Waals surface area contributed by atoms with Crippen molar-refractivity contribution in [3.05, 3.63) is 47.7 Å². The predicted octanol–water partition coefficient (Wildman–Crippen LogP) is 1.81. The lowest BCUT2D eigenvalue weighted by atomic mass is 10.2. The Balaban J connectivity index is 1.91. The largest absolute Gasteiger partial charge is 0.497 e. The second kappa shape index (κ2) is 7.23. The molecule has 0 unspecified atom stereocenters. The average molecular weight is 287 g/mol. The maximum atomic E-state index is 11.9. The second-order valence-electron chi connectivity index (χ2n) is 4.22. The van der Waals surface area contributed by atoms with Gasteiger partial charge < -0.3 is 14.8 Å². The van der Waals surface area contributed by atoms with Crippen LogP contribution in [0.4, 0.5) is 0 Å². The van der Waals surface area contributed by atoms with E-state index < -0.39 is 0 Å². The van der Waals surface area contributed by atoms with Crippen LogP contribution in [0.15, 0.2) is 36.4 Å². The van der Waals surface area contributed by atoms with Crippen LogP contribution in [0.25, 0.3) is 0 Å². The fourth-order valence-electron chi connectivity index (χ4n) is 1.68. The molecule has 21 heavy (non-hydrogen) atoms. The molecular formula is C15H17N3O3. The number of methoxy groups -OCH3 is 1. The summed E-state index contributed by atoms with van der Waals surface area (Å²) in [6.45, 7) is 2.78. The summed E-state index contributed by atoms with van der Waals surface area (Å²) in [6.07, 6.45) is 0. The maximum Gasteiger partial charge on any atom is 0.272 e. The van der Waals surface area contributed by atoms with Gasteiger partial charge in [-0.3, -0.25) is 4.79 Å². The van der Waals surface area contributed by atoms with E-state index in [-0.39, 0.29) is 11.6 Å². The molecule has 1 N–H and O–H groups in total. The lowest BCUT2D eigenvalue weighted by molar-refractivity contribution is 0.0944. The molecule has 0 spiro atoms. The van der Waals surface area contributed by atoms with E-state index in [9.17, 15) is 4.79 Å². The van der Waals surface area contributed by atoms with Crippen molar-refractivity contribution in [3.63, 3.8) is 0 Å². The normalized spacial score (nSPS) is 10.0. The molecule has 0 aliphatic carbocycles. The molecule has 6 heteroatoms. The van der Waals surface area contributed by atoms with Crippen molar-refractivity contribution in [3.8, 4) is 11.6 Å². The van der Waals surface area contributed by atoms with Gasteiger partial charge in [0, 0.05) is 12.6 Å². The highest BCUT2D eigenvalue weighted by Gasteiger charge is 2.08. The van der Waals surface area contributed by atoms with Crippen LogP contribution in [-0.4, -0.2) is 29.8 Å². The van der Waals surface area contributed by atoms with Crippen LogP contribution in [0, 0.1) is 0 Å². The highest BCUT2D eigenvalue weighted by Crippen LogP contribution is 2.11. The predicted molar refractivity (Wildman–Crippen MR) is 77.4 cm³/mol. The summed E-state index contributed by atoms with van der Waals surface area (Å²) < 4.78 is 10.3. The number of nitrogens with zero attached hydrogens (tertiary/aromatic N) is 2. The highest BCUT2D eigenvalue weighted by molar-refractivity contribution is 5.92. The molecule has 2 aromatic rings. The molecular weight excluding hydrogens is 270 g/mol. The minimum Gasteiger partial charge on any atom is -0.497 e. The van der Waals surface area contributed by atoms with Crippen LogP contribution in [0.1, 0.15) is 23.0 Å². The summed E-state index contributed by atoms with van der Waals surface area (Å²) in [7, 11) is 1.61. The summed E-state index contributed by atoms with van der Waals surface area (Å²) in [5.41, 5.74) is 1.23. The Labute approximate surface area is 123 Å². The fraction of sp³-hybridized carbons (Fsp3) is 0.267. The number of hydrogen-bond donors (Lipinski definition) is 1. The van der Waals surface area contributed by atoms with E-state index in [1.54, 1.807) is 19.2 Å². The second-order valence-corrected chi connectivity index (χ2v) is 4.22. The van der Waals surface area contributed by atoms with Gasteiger partial charge in [0.05, 0.1) is 13.7 Å². The van der Waals surface area contributed by atoms with Gasteiger partial charge in [-0.15, -0.1) is 10.2 Å². The van der Waals surface area contributed by atoms with Crippen molar-refractivity contribution in [2.24, 2.45) is 0 Å². The number of carbonyl (C=O) groups is 1. The summed E-state index contributed by atoms with van der Waals surface area (Å²) in [4.78, 5) is 11.9. The van der Waals surface area contributed by atoms with Crippen molar-refractivity contribution in [2.45, 2.75) is 13.5 Å². The molecule has 1 aromatic heterocycles. The lowest BCUT2D eigenvalue weighted by Crippen LogP contribution is -2.24. The molecule has 1 aromatic carbocycles. The fourth-order valence-corrected chi connectivity index (χ4v) is 1.68. The smallest absolute Gasteiger partial charge is 0.272 e. The Morgan fingerprint density at radius 2 is 1.90 bits per heavy atom. The zero-order valence-electron chi connectivity index (χ0n) is 12.0.